The van der Waals surface area contributed by atoms with Crippen molar-refractivity contribution in [1.29, 1.82) is 0 Å². The molecule has 0 aromatic heterocycles. The quantitative estimate of drug-likeness (QED) is 0.614. The van der Waals surface area contributed by atoms with Crippen molar-refractivity contribution >= 4 is 44.8 Å². The second-order valence-corrected chi connectivity index (χ2v) is 6.42. The van der Waals surface area contributed by atoms with Gasteiger partial charge in [0.25, 0.3) is 0 Å². The summed E-state index contributed by atoms with van der Waals surface area (Å²) < 4.78 is 0.978. The van der Waals surface area contributed by atoms with Crippen LogP contribution >= 0.6 is 39.1 Å². The molecule has 106 valence electrons. The summed E-state index contributed by atoms with van der Waals surface area (Å²) in [6, 6.07) is 14.1. The maximum atomic E-state index is 6.27. The van der Waals surface area contributed by atoms with Crippen LogP contribution in [-0.2, 0) is 0 Å². The zero-order valence-electron chi connectivity index (χ0n) is 11.2. The first-order valence-corrected chi connectivity index (χ1v) is 8.12. The zero-order valence-corrected chi connectivity index (χ0v) is 14.3. The summed E-state index contributed by atoms with van der Waals surface area (Å²) >= 11 is 15.6. The third-order valence-corrected chi connectivity index (χ3v) is 4.17. The third kappa shape index (κ3) is 4.15. The van der Waals surface area contributed by atoms with Gasteiger partial charge in [-0.1, -0.05) is 64.6 Å². The van der Waals surface area contributed by atoms with Crippen LogP contribution in [0.5, 0.6) is 0 Å². The van der Waals surface area contributed by atoms with Gasteiger partial charge < -0.3 is 5.32 Å². The first-order valence-electron chi connectivity index (χ1n) is 6.57. The Morgan fingerprint density at radius 1 is 1.10 bits per heavy atom. The topological polar surface area (TPSA) is 12.0 Å². The van der Waals surface area contributed by atoms with Crippen LogP contribution < -0.4 is 5.32 Å². The van der Waals surface area contributed by atoms with E-state index >= 15 is 0 Å². The Morgan fingerprint density at radius 3 is 2.40 bits per heavy atom. The molecule has 1 nitrogen and oxygen atoms in total. The van der Waals surface area contributed by atoms with Gasteiger partial charge in [0, 0.05) is 9.50 Å². The molecule has 0 aliphatic carbocycles. The average Bonchev–Trinajstić information content (AvgIpc) is 2.42. The molecule has 4 heteroatoms. The number of benzene rings is 2. The third-order valence-electron chi connectivity index (χ3n) is 3.11. The smallest absolute Gasteiger partial charge is 0.0648 e. The Morgan fingerprint density at radius 2 is 1.80 bits per heavy atom. The van der Waals surface area contributed by atoms with E-state index in [1.807, 2.05) is 30.3 Å². The fourth-order valence-electron chi connectivity index (χ4n) is 2.10. The first-order chi connectivity index (χ1) is 9.60. The molecular formula is C16H16BrCl2N. The van der Waals surface area contributed by atoms with Crippen molar-refractivity contribution in [3.05, 3.63) is 62.5 Å². The Kier molecular flexibility index (Phi) is 5.76. The maximum Gasteiger partial charge on any atom is 0.0648 e. The number of hydrogen-bond donors (Lipinski definition) is 1. The molecule has 0 radical (unpaired) electrons. The highest BCUT2D eigenvalue weighted by Crippen LogP contribution is 2.31. The van der Waals surface area contributed by atoms with Crippen molar-refractivity contribution in [2.24, 2.45) is 0 Å². The molecular weight excluding hydrogens is 357 g/mol. The van der Waals surface area contributed by atoms with Crippen LogP contribution in [0.25, 0.3) is 0 Å². The van der Waals surface area contributed by atoms with Crippen molar-refractivity contribution in [3.8, 4) is 0 Å². The lowest BCUT2D eigenvalue weighted by Gasteiger charge is -2.21. The molecule has 0 aliphatic heterocycles. The number of anilines is 1. The minimum atomic E-state index is 0.232. The largest absolute Gasteiger partial charge is 0.377 e. The average molecular weight is 373 g/mol. The lowest BCUT2D eigenvalue weighted by Crippen LogP contribution is -2.10. The molecule has 0 bridgehead atoms. The second-order valence-electron chi connectivity index (χ2n) is 4.66. The van der Waals surface area contributed by atoms with Crippen molar-refractivity contribution in [1.82, 2.24) is 0 Å². The molecule has 2 rings (SSSR count). The van der Waals surface area contributed by atoms with Crippen LogP contribution in [0.2, 0.25) is 10.0 Å². The highest BCUT2D eigenvalue weighted by atomic mass is 79.9. The molecule has 0 saturated carbocycles. The van der Waals surface area contributed by atoms with Crippen LogP contribution in [0.4, 0.5) is 5.69 Å². The Labute approximate surface area is 138 Å². The van der Waals surface area contributed by atoms with E-state index in [1.165, 1.54) is 5.56 Å². The number of hydrogen-bond acceptors (Lipinski definition) is 1. The van der Waals surface area contributed by atoms with Gasteiger partial charge in [0.1, 0.15) is 0 Å². The summed E-state index contributed by atoms with van der Waals surface area (Å²) in [4.78, 5) is 0. The van der Waals surface area contributed by atoms with Crippen LogP contribution in [0, 0.1) is 0 Å². The van der Waals surface area contributed by atoms with Crippen LogP contribution in [0.3, 0.4) is 0 Å². The minimum absolute atomic E-state index is 0.232. The van der Waals surface area contributed by atoms with Gasteiger partial charge in [-0.15, -0.1) is 0 Å². The highest BCUT2D eigenvalue weighted by Gasteiger charge is 2.12. The Bertz CT molecular complexity index is 569. The van der Waals surface area contributed by atoms with Gasteiger partial charge >= 0.3 is 0 Å². The summed E-state index contributed by atoms with van der Waals surface area (Å²) in [6.07, 6.45) is 2.13. The summed E-state index contributed by atoms with van der Waals surface area (Å²) in [5.74, 6) is 0. The van der Waals surface area contributed by atoms with Crippen molar-refractivity contribution in [2.75, 3.05) is 5.32 Å². The molecule has 0 heterocycles. The first kappa shape index (κ1) is 15.7. The molecule has 0 aliphatic rings. The minimum Gasteiger partial charge on any atom is -0.377 e. The van der Waals surface area contributed by atoms with Gasteiger partial charge in [0.2, 0.25) is 0 Å². The number of nitrogens with one attached hydrogen (secondary N) is 1. The summed E-state index contributed by atoms with van der Waals surface area (Å²) in [6.45, 7) is 2.17. The maximum absolute atomic E-state index is 6.27. The molecule has 2 aromatic rings. The van der Waals surface area contributed by atoms with E-state index in [-0.39, 0.29) is 6.04 Å². The van der Waals surface area contributed by atoms with Crippen molar-refractivity contribution < 1.29 is 0 Å². The van der Waals surface area contributed by atoms with Gasteiger partial charge in [0.05, 0.1) is 16.8 Å². The highest BCUT2D eigenvalue weighted by molar-refractivity contribution is 9.10. The van der Waals surface area contributed by atoms with Gasteiger partial charge in [0.15, 0.2) is 0 Å². The van der Waals surface area contributed by atoms with Gasteiger partial charge in [-0.25, -0.2) is 0 Å². The number of halogens is 3. The summed E-state index contributed by atoms with van der Waals surface area (Å²) in [5.41, 5.74) is 2.17. The molecule has 0 fully saturated rings. The SMILES string of the molecule is CCCC(Nc1ccc(Br)cc1Cl)c1ccc(Cl)cc1. The molecule has 0 spiro atoms. The molecule has 2 aromatic carbocycles. The Hall–Kier alpha value is -0.700. The van der Waals surface area contributed by atoms with Crippen molar-refractivity contribution in [2.45, 2.75) is 25.8 Å². The van der Waals surface area contributed by atoms with Gasteiger partial charge in [-0.05, 0) is 42.3 Å². The number of rotatable bonds is 5. The van der Waals surface area contributed by atoms with Crippen LogP contribution in [-0.4, -0.2) is 0 Å². The molecule has 0 amide bonds. The predicted molar refractivity (Wildman–Crippen MR) is 91.9 cm³/mol. The van der Waals surface area contributed by atoms with Gasteiger partial charge in [-0.3, -0.25) is 0 Å². The van der Waals surface area contributed by atoms with E-state index in [2.05, 4.69) is 40.3 Å². The lowest BCUT2D eigenvalue weighted by atomic mass is 10.0. The Balaban J connectivity index is 2.22. The van der Waals surface area contributed by atoms with E-state index in [1.54, 1.807) is 0 Å². The zero-order chi connectivity index (χ0) is 14.5. The summed E-state index contributed by atoms with van der Waals surface area (Å²) in [5, 5.41) is 4.99. The van der Waals surface area contributed by atoms with E-state index in [0.29, 0.717) is 0 Å². The summed E-state index contributed by atoms with van der Waals surface area (Å²) in [7, 11) is 0. The standard InChI is InChI=1S/C16H16BrCl2N/c1-2-3-15(11-4-7-13(18)8-5-11)20-16-9-6-12(17)10-14(16)19/h4-10,15,20H,2-3H2,1H3. The lowest BCUT2D eigenvalue weighted by molar-refractivity contribution is 0.677. The van der Waals surface area contributed by atoms with E-state index < -0.39 is 0 Å². The van der Waals surface area contributed by atoms with Crippen LogP contribution in [0.1, 0.15) is 31.4 Å². The second kappa shape index (κ2) is 7.35. The van der Waals surface area contributed by atoms with E-state index in [9.17, 15) is 0 Å². The van der Waals surface area contributed by atoms with E-state index in [0.717, 1.165) is 33.0 Å². The predicted octanol–water partition coefficient (Wildman–Crippen LogP) is 6.71. The fraction of sp³-hybridized carbons (Fsp3) is 0.250. The monoisotopic (exact) mass is 371 g/mol. The molecule has 1 unspecified atom stereocenters. The van der Waals surface area contributed by atoms with Crippen molar-refractivity contribution in [3.63, 3.8) is 0 Å². The normalized spacial score (nSPS) is 12.2. The fourth-order valence-corrected chi connectivity index (χ4v) is 2.95. The van der Waals surface area contributed by atoms with Crippen LogP contribution in [0.15, 0.2) is 46.9 Å². The molecule has 1 N–H and O–H groups in total. The van der Waals surface area contributed by atoms with Gasteiger partial charge in [-0.2, -0.15) is 0 Å². The molecule has 20 heavy (non-hydrogen) atoms. The van der Waals surface area contributed by atoms with E-state index in [4.69, 9.17) is 23.2 Å². The molecule has 0 saturated heterocycles. The molecule has 1 atom stereocenters.